The average Bonchev–Trinajstić information content (AvgIpc) is 2.36. The number of benzene rings is 1. The van der Waals surface area contributed by atoms with Crippen molar-refractivity contribution in [3.8, 4) is 6.07 Å². The first-order chi connectivity index (χ1) is 8.64. The van der Waals surface area contributed by atoms with Gasteiger partial charge in [0, 0.05) is 24.9 Å². The molecule has 3 heteroatoms. The molecule has 0 bridgehead atoms. The molecule has 0 unspecified atom stereocenters. The Morgan fingerprint density at radius 1 is 1.44 bits per heavy atom. The Kier molecular flexibility index (Phi) is 3.98. The summed E-state index contributed by atoms with van der Waals surface area (Å²) in [7, 11) is 0. The zero-order chi connectivity index (χ0) is 13.0. The van der Waals surface area contributed by atoms with Crippen molar-refractivity contribution in [1.82, 2.24) is 4.90 Å². The molecule has 0 amide bonds. The molecule has 0 radical (unpaired) electrons. The lowest BCUT2D eigenvalue weighted by molar-refractivity contribution is 0.0186. The fourth-order valence-electron chi connectivity index (χ4n) is 2.47. The van der Waals surface area contributed by atoms with Crippen molar-refractivity contribution in [3.63, 3.8) is 0 Å². The molecule has 0 N–H and O–H groups in total. The van der Waals surface area contributed by atoms with Crippen molar-refractivity contribution >= 4 is 0 Å². The highest BCUT2D eigenvalue weighted by molar-refractivity contribution is 5.14. The largest absolute Gasteiger partial charge is 0.296 e. The maximum absolute atomic E-state index is 14.2. The van der Waals surface area contributed by atoms with Gasteiger partial charge in [0.25, 0.3) is 0 Å². The molecule has 0 aromatic heterocycles. The predicted octanol–water partition coefficient (Wildman–Crippen LogP) is 3.15. The first-order valence-corrected chi connectivity index (χ1v) is 6.41. The van der Waals surface area contributed by atoms with E-state index in [4.69, 9.17) is 5.26 Å². The summed E-state index contributed by atoms with van der Waals surface area (Å²) in [4.78, 5) is 2.14. The fourth-order valence-corrected chi connectivity index (χ4v) is 2.47. The molecule has 1 aromatic rings. The quantitative estimate of drug-likeness (QED) is 0.819. The molecule has 2 rings (SSSR count). The number of hydrogen-bond donors (Lipinski definition) is 0. The van der Waals surface area contributed by atoms with Crippen LogP contribution in [0, 0.1) is 16.7 Å². The summed E-state index contributed by atoms with van der Waals surface area (Å²) < 4.78 is 14.2. The molecule has 1 aromatic carbocycles. The normalized spacial score (nSPS) is 28.8. The highest BCUT2D eigenvalue weighted by atomic mass is 19.1. The number of hydrogen-bond acceptors (Lipinski definition) is 2. The summed E-state index contributed by atoms with van der Waals surface area (Å²) in [5.74, 6) is 0. The van der Waals surface area contributed by atoms with Crippen molar-refractivity contribution in [2.24, 2.45) is 5.41 Å². The summed E-state index contributed by atoms with van der Waals surface area (Å²) >= 11 is 0. The van der Waals surface area contributed by atoms with Gasteiger partial charge in [-0.1, -0.05) is 37.3 Å². The highest BCUT2D eigenvalue weighted by Gasteiger charge is 2.39. The van der Waals surface area contributed by atoms with Gasteiger partial charge < -0.3 is 0 Å². The third kappa shape index (κ3) is 2.88. The second kappa shape index (κ2) is 5.49. The third-order valence-corrected chi connectivity index (χ3v) is 3.91. The van der Waals surface area contributed by atoms with Crippen LogP contribution in [0.25, 0.3) is 0 Å². The Labute approximate surface area is 108 Å². The molecule has 1 saturated heterocycles. The minimum atomic E-state index is -0.908. The van der Waals surface area contributed by atoms with Gasteiger partial charge in [-0.15, -0.1) is 0 Å². The van der Waals surface area contributed by atoms with Crippen LogP contribution in [0.2, 0.25) is 0 Å². The van der Waals surface area contributed by atoms with Gasteiger partial charge in [-0.05, 0) is 18.5 Å². The van der Waals surface area contributed by atoms with E-state index in [9.17, 15) is 4.39 Å². The molecule has 2 nitrogen and oxygen atoms in total. The van der Waals surface area contributed by atoms with Crippen LogP contribution in [0.3, 0.4) is 0 Å². The molecule has 96 valence electrons. The highest BCUT2D eigenvalue weighted by Crippen LogP contribution is 2.36. The molecule has 1 aliphatic heterocycles. The molecule has 1 aliphatic rings. The van der Waals surface area contributed by atoms with E-state index in [1.54, 1.807) is 0 Å². The minimum absolute atomic E-state index is 0.313. The third-order valence-electron chi connectivity index (χ3n) is 3.91. The van der Waals surface area contributed by atoms with Gasteiger partial charge in [0.1, 0.15) is 6.17 Å². The van der Waals surface area contributed by atoms with E-state index >= 15 is 0 Å². The lowest BCUT2D eigenvalue weighted by atomic mass is 9.76. The van der Waals surface area contributed by atoms with Crippen LogP contribution in [0.4, 0.5) is 4.39 Å². The fraction of sp³-hybridized carbons (Fsp3) is 0.533. The molecular weight excluding hydrogens is 227 g/mol. The second-order valence-electron chi connectivity index (χ2n) is 5.43. The first kappa shape index (κ1) is 13.0. The molecule has 0 saturated carbocycles. The van der Waals surface area contributed by atoms with Gasteiger partial charge in [-0.25, -0.2) is 4.39 Å². The Morgan fingerprint density at radius 3 is 2.78 bits per heavy atom. The molecule has 0 spiro atoms. The number of likely N-dealkylation sites (tertiary alicyclic amines) is 1. The van der Waals surface area contributed by atoms with Gasteiger partial charge in [0.05, 0.1) is 6.07 Å². The number of nitriles is 1. The predicted molar refractivity (Wildman–Crippen MR) is 69.6 cm³/mol. The van der Waals surface area contributed by atoms with Crippen molar-refractivity contribution in [2.45, 2.75) is 32.5 Å². The zero-order valence-electron chi connectivity index (χ0n) is 10.8. The van der Waals surface area contributed by atoms with Crippen molar-refractivity contribution in [2.75, 3.05) is 13.1 Å². The van der Waals surface area contributed by atoms with Crippen molar-refractivity contribution in [1.29, 1.82) is 5.26 Å². The Hall–Kier alpha value is -1.40. The standard InChI is InChI=1S/C15H19FN2/c1-15(7-9-17)8-10-18(12-14(15)16)11-13-5-3-2-4-6-13/h2-6,14H,7-8,10-12H2,1H3/t14-,15+/m0/s1. The Morgan fingerprint density at radius 2 is 2.17 bits per heavy atom. The van der Waals surface area contributed by atoms with Gasteiger partial charge in [-0.2, -0.15) is 5.26 Å². The number of nitrogens with zero attached hydrogens (tertiary/aromatic N) is 2. The van der Waals surface area contributed by atoms with E-state index in [-0.39, 0.29) is 0 Å². The van der Waals surface area contributed by atoms with Gasteiger partial charge >= 0.3 is 0 Å². The minimum Gasteiger partial charge on any atom is -0.296 e. The first-order valence-electron chi connectivity index (χ1n) is 6.41. The molecule has 1 fully saturated rings. The number of halogens is 1. The van der Waals surface area contributed by atoms with Crippen molar-refractivity contribution in [3.05, 3.63) is 35.9 Å². The molecule has 2 atom stereocenters. The summed E-state index contributed by atoms with van der Waals surface area (Å²) in [6.07, 6.45) is 0.164. The summed E-state index contributed by atoms with van der Waals surface area (Å²) in [5.41, 5.74) is 0.760. The van der Waals surface area contributed by atoms with Crippen LogP contribution >= 0.6 is 0 Å². The Bertz CT molecular complexity index is 426. The van der Waals surface area contributed by atoms with E-state index in [0.717, 1.165) is 19.5 Å². The van der Waals surface area contributed by atoms with Gasteiger partial charge in [0.15, 0.2) is 0 Å². The smallest absolute Gasteiger partial charge is 0.119 e. The molecule has 18 heavy (non-hydrogen) atoms. The average molecular weight is 246 g/mol. The van der Waals surface area contributed by atoms with E-state index < -0.39 is 11.6 Å². The van der Waals surface area contributed by atoms with E-state index in [1.165, 1.54) is 5.56 Å². The zero-order valence-corrected chi connectivity index (χ0v) is 10.8. The van der Waals surface area contributed by atoms with E-state index in [1.807, 2.05) is 25.1 Å². The van der Waals surface area contributed by atoms with Crippen LogP contribution < -0.4 is 0 Å². The monoisotopic (exact) mass is 246 g/mol. The maximum Gasteiger partial charge on any atom is 0.119 e. The maximum atomic E-state index is 14.2. The summed E-state index contributed by atoms with van der Waals surface area (Å²) in [6.45, 7) is 3.99. The van der Waals surface area contributed by atoms with E-state index in [0.29, 0.717) is 13.0 Å². The molecule has 0 aliphatic carbocycles. The van der Waals surface area contributed by atoms with Gasteiger partial charge in [0.2, 0.25) is 0 Å². The number of alkyl halides is 1. The van der Waals surface area contributed by atoms with Gasteiger partial charge in [-0.3, -0.25) is 4.90 Å². The summed E-state index contributed by atoms with van der Waals surface area (Å²) in [5, 5.41) is 8.77. The van der Waals surface area contributed by atoms with Crippen LogP contribution in [0.15, 0.2) is 30.3 Å². The summed E-state index contributed by atoms with van der Waals surface area (Å²) in [6, 6.07) is 12.2. The van der Waals surface area contributed by atoms with Crippen LogP contribution in [-0.2, 0) is 6.54 Å². The van der Waals surface area contributed by atoms with E-state index in [2.05, 4.69) is 23.1 Å². The van der Waals surface area contributed by atoms with Crippen LogP contribution in [0.5, 0.6) is 0 Å². The molecular formula is C15H19FN2. The van der Waals surface area contributed by atoms with Crippen LogP contribution in [0.1, 0.15) is 25.3 Å². The van der Waals surface area contributed by atoms with Crippen molar-refractivity contribution < 1.29 is 4.39 Å². The number of piperidine rings is 1. The second-order valence-corrected chi connectivity index (χ2v) is 5.43. The lowest BCUT2D eigenvalue weighted by Gasteiger charge is -2.41. The van der Waals surface area contributed by atoms with Crippen LogP contribution in [-0.4, -0.2) is 24.2 Å². The topological polar surface area (TPSA) is 27.0 Å². The lowest BCUT2D eigenvalue weighted by Crippen LogP contribution is -2.47. The Balaban J connectivity index is 1.95. The number of rotatable bonds is 3. The molecule has 1 heterocycles. The SMILES string of the molecule is C[C@@]1(CC#N)CCN(Cc2ccccc2)C[C@@H]1F.